The van der Waals surface area contributed by atoms with E-state index in [1.807, 2.05) is 6.92 Å². The van der Waals surface area contributed by atoms with Crippen molar-refractivity contribution in [2.24, 2.45) is 17.2 Å². The molecule has 0 aromatic heterocycles. The van der Waals surface area contributed by atoms with E-state index in [4.69, 9.17) is 36.1 Å². The number of unbranched alkanes of at least 4 members (excludes halogenated alkanes) is 2. The highest BCUT2D eigenvalue weighted by atomic mass is 16.7. The molecule has 3 aliphatic rings. The molecule has 40 heavy (non-hydrogen) atoms. The first-order valence-electron chi connectivity index (χ1n) is 13.8. The molecule has 0 aromatic carbocycles. The van der Waals surface area contributed by atoms with Crippen molar-refractivity contribution in [3.63, 3.8) is 0 Å². The Balaban J connectivity index is 1.66. The van der Waals surface area contributed by atoms with E-state index in [1.165, 1.54) is 0 Å². The number of carbonyl (C=O) groups excluding carboxylic acids is 1. The van der Waals surface area contributed by atoms with Gasteiger partial charge in [-0.25, -0.2) is 0 Å². The molecule has 0 bridgehead atoms. The summed E-state index contributed by atoms with van der Waals surface area (Å²) in [4.78, 5) is 12.1. The Bertz CT molecular complexity index is 799. The smallest absolute Gasteiger partial charge is 0.220 e. The van der Waals surface area contributed by atoms with E-state index in [0.29, 0.717) is 6.42 Å². The van der Waals surface area contributed by atoms with Gasteiger partial charge in [-0.3, -0.25) is 4.79 Å². The minimum atomic E-state index is -1.73. The Morgan fingerprint density at radius 3 is 1.95 bits per heavy atom. The van der Waals surface area contributed by atoms with E-state index in [-0.39, 0.29) is 25.3 Å². The van der Waals surface area contributed by atoms with Crippen LogP contribution in [-0.2, 0) is 23.7 Å². The molecule has 2 aliphatic heterocycles. The molecule has 2 saturated heterocycles. The van der Waals surface area contributed by atoms with Gasteiger partial charge in [0, 0.05) is 25.0 Å². The Morgan fingerprint density at radius 1 is 0.800 bits per heavy atom. The second kappa shape index (κ2) is 14.9. The number of nitrogens with one attached hydrogen (secondary N) is 1. The maximum Gasteiger partial charge on any atom is 0.220 e. The molecule has 1 amide bonds. The second-order valence-corrected chi connectivity index (χ2v) is 10.8. The Morgan fingerprint density at radius 2 is 1.38 bits per heavy atom. The van der Waals surface area contributed by atoms with Crippen LogP contribution in [0.2, 0.25) is 0 Å². The summed E-state index contributed by atoms with van der Waals surface area (Å²) in [6, 6.07) is -2.96. The van der Waals surface area contributed by atoms with Crippen molar-refractivity contribution in [3.05, 3.63) is 0 Å². The first kappa shape index (κ1) is 33.4. The fourth-order valence-corrected chi connectivity index (χ4v) is 5.21. The average Bonchev–Trinajstić information content (AvgIpc) is 2.92. The third-order valence-corrected chi connectivity index (χ3v) is 7.76. The van der Waals surface area contributed by atoms with Gasteiger partial charge in [0.15, 0.2) is 12.6 Å². The van der Waals surface area contributed by atoms with Crippen LogP contribution in [0, 0.1) is 0 Å². The summed E-state index contributed by atoms with van der Waals surface area (Å²) >= 11 is 0. The van der Waals surface area contributed by atoms with Crippen LogP contribution >= 0.6 is 0 Å². The number of aliphatic hydroxyl groups excluding tert-OH is 7. The van der Waals surface area contributed by atoms with Crippen molar-refractivity contribution in [2.45, 2.75) is 131 Å². The summed E-state index contributed by atoms with van der Waals surface area (Å²) in [5, 5.41) is 75.1. The summed E-state index contributed by atoms with van der Waals surface area (Å²) in [6.45, 7) is 1.23. The number of hydrogen-bond acceptors (Lipinski definition) is 15. The highest BCUT2D eigenvalue weighted by molar-refractivity contribution is 5.75. The van der Waals surface area contributed by atoms with E-state index in [0.717, 1.165) is 12.8 Å². The standard InChI is InChI=1S/C24H46N4O12/c1-2-3-4-5-13(30)28-7-11-16(32)18(34)19(35)24(37-11)40-22-10(26)6-9(25)21(20(22)36)39-23-17(33)14(27)15(31)12(8-29)38-23/h9-12,14-24,29,31-36H,2-8,25-27H2,1H3,(H,28,30)/t9-,10?,11?,12?,14?,15+,16-,17?,18+,19?,20-,21?,22-,23+,24-/m1/s1. The molecule has 0 spiro atoms. The first-order valence-corrected chi connectivity index (χ1v) is 13.8. The SMILES string of the molecule is CCCCCC(=O)NCC1O[C@H](O[C@@H]2C(N)C[C@@H](N)C(O[C@@H]3OC(CO)[C@H](O)C(N)C3O)[C@H]2O)C(O)[C@@H](O)[C@@H]1O. The number of carbonyl (C=O) groups is 1. The van der Waals surface area contributed by atoms with E-state index < -0.39 is 98.4 Å². The number of amides is 1. The molecule has 3 fully saturated rings. The van der Waals surface area contributed by atoms with Crippen LogP contribution in [0.1, 0.15) is 39.0 Å². The monoisotopic (exact) mass is 582 g/mol. The summed E-state index contributed by atoms with van der Waals surface area (Å²) in [7, 11) is 0. The molecule has 15 atom stereocenters. The first-order chi connectivity index (χ1) is 18.9. The summed E-state index contributed by atoms with van der Waals surface area (Å²) in [6.07, 6.45) is -14.3. The largest absolute Gasteiger partial charge is 0.394 e. The van der Waals surface area contributed by atoms with Gasteiger partial charge in [-0.1, -0.05) is 19.8 Å². The van der Waals surface area contributed by atoms with Crippen molar-refractivity contribution >= 4 is 5.91 Å². The Hall–Kier alpha value is -1.09. The quantitative estimate of drug-likeness (QED) is 0.101. The fraction of sp³-hybridized carbons (Fsp3) is 0.958. The number of aliphatic hydroxyl groups is 7. The van der Waals surface area contributed by atoms with Gasteiger partial charge in [0.2, 0.25) is 5.91 Å². The van der Waals surface area contributed by atoms with Gasteiger partial charge in [-0.2, -0.15) is 0 Å². The topological polar surface area (TPSA) is 286 Å². The maximum absolute atomic E-state index is 12.1. The van der Waals surface area contributed by atoms with Gasteiger partial charge in [-0.15, -0.1) is 0 Å². The number of nitrogens with two attached hydrogens (primary N) is 3. The van der Waals surface area contributed by atoms with Crippen molar-refractivity contribution in [2.75, 3.05) is 13.2 Å². The summed E-state index contributed by atoms with van der Waals surface area (Å²) in [5.74, 6) is -0.260. The zero-order valence-corrected chi connectivity index (χ0v) is 22.5. The van der Waals surface area contributed by atoms with Crippen LogP contribution in [0.15, 0.2) is 0 Å². The molecule has 7 unspecified atom stereocenters. The van der Waals surface area contributed by atoms with Crippen LogP contribution in [0.5, 0.6) is 0 Å². The van der Waals surface area contributed by atoms with Crippen molar-refractivity contribution in [3.8, 4) is 0 Å². The molecule has 16 nitrogen and oxygen atoms in total. The lowest BCUT2D eigenvalue weighted by atomic mass is 9.84. The highest BCUT2D eigenvalue weighted by Crippen LogP contribution is 2.31. The number of hydrogen-bond donors (Lipinski definition) is 11. The van der Waals surface area contributed by atoms with Crippen LogP contribution in [0.4, 0.5) is 0 Å². The molecule has 0 radical (unpaired) electrons. The number of rotatable bonds is 11. The molecule has 14 N–H and O–H groups in total. The normalized spacial score (nSPS) is 46.2. The third-order valence-electron chi connectivity index (χ3n) is 7.76. The Labute approximate surface area is 232 Å². The minimum Gasteiger partial charge on any atom is -0.394 e. The summed E-state index contributed by atoms with van der Waals surface area (Å²) < 4.78 is 22.7. The van der Waals surface area contributed by atoms with E-state index in [9.17, 15) is 40.5 Å². The van der Waals surface area contributed by atoms with E-state index in [2.05, 4.69) is 5.32 Å². The predicted molar refractivity (Wildman–Crippen MR) is 136 cm³/mol. The zero-order chi connectivity index (χ0) is 29.7. The van der Waals surface area contributed by atoms with Crippen molar-refractivity contribution < 1.29 is 59.5 Å². The minimum absolute atomic E-state index is 0.0541. The van der Waals surface area contributed by atoms with Crippen LogP contribution in [0.3, 0.4) is 0 Å². The van der Waals surface area contributed by atoms with E-state index in [1.54, 1.807) is 0 Å². The lowest BCUT2D eigenvalue weighted by Crippen LogP contribution is -2.68. The molecule has 234 valence electrons. The van der Waals surface area contributed by atoms with Crippen LogP contribution in [0.25, 0.3) is 0 Å². The molecule has 1 aliphatic carbocycles. The van der Waals surface area contributed by atoms with Crippen LogP contribution < -0.4 is 22.5 Å². The third kappa shape index (κ3) is 7.64. The van der Waals surface area contributed by atoms with Gasteiger partial charge < -0.3 is 77.2 Å². The van der Waals surface area contributed by atoms with Crippen molar-refractivity contribution in [1.29, 1.82) is 0 Å². The van der Waals surface area contributed by atoms with Gasteiger partial charge in [0.05, 0.1) is 12.6 Å². The lowest BCUT2D eigenvalue weighted by Gasteiger charge is -2.48. The van der Waals surface area contributed by atoms with E-state index >= 15 is 0 Å². The van der Waals surface area contributed by atoms with Gasteiger partial charge in [-0.05, 0) is 12.8 Å². The van der Waals surface area contributed by atoms with Gasteiger partial charge >= 0.3 is 0 Å². The van der Waals surface area contributed by atoms with Crippen molar-refractivity contribution in [1.82, 2.24) is 5.32 Å². The molecular formula is C24H46N4O12. The highest BCUT2D eigenvalue weighted by Gasteiger charge is 2.51. The summed E-state index contributed by atoms with van der Waals surface area (Å²) in [5.41, 5.74) is 18.2. The molecule has 1 saturated carbocycles. The molecule has 0 aromatic rings. The molecule has 16 heteroatoms. The van der Waals surface area contributed by atoms with Gasteiger partial charge in [0.25, 0.3) is 0 Å². The predicted octanol–water partition coefficient (Wildman–Crippen LogP) is -5.55. The lowest BCUT2D eigenvalue weighted by molar-refractivity contribution is -0.332. The fourth-order valence-electron chi connectivity index (χ4n) is 5.21. The average molecular weight is 583 g/mol. The molecule has 2 heterocycles. The molecule has 3 rings (SSSR count). The Kier molecular flexibility index (Phi) is 12.4. The number of ether oxygens (including phenoxy) is 4. The second-order valence-electron chi connectivity index (χ2n) is 10.8. The maximum atomic E-state index is 12.1. The van der Waals surface area contributed by atoms with Gasteiger partial charge in [0.1, 0.15) is 61.0 Å². The zero-order valence-electron chi connectivity index (χ0n) is 22.5. The van der Waals surface area contributed by atoms with Crippen LogP contribution in [-0.4, -0.2) is 147 Å². The molecular weight excluding hydrogens is 536 g/mol.